The van der Waals surface area contributed by atoms with Crippen LogP contribution < -0.4 is 10.9 Å². The van der Waals surface area contributed by atoms with Gasteiger partial charge in [-0.3, -0.25) is 0 Å². The summed E-state index contributed by atoms with van der Waals surface area (Å²) < 4.78 is 5.48. The van der Waals surface area contributed by atoms with Crippen LogP contribution in [0, 0.1) is 0 Å². The third kappa shape index (κ3) is 6.81. The lowest BCUT2D eigenvalue weighted by atomic mass is 9.45. The summed E-state index contributed by atoms with van der Waals surface area (Å²) in [5, 5.41) is 8.13. The first-order valence-corrected chi connectivity index (χ1v) is 26.8. The van der Waals surface area contributed by atoms with Crippen LogP contribution in [0.4, 0.5) is 0 Å². The number of rotatable bonds is 3. The fourth-order valence-corrected chi connectivity index (χ4v) is 13.1. The van der Waals surface area contributed by atoms with Gasteiger partial charge in [0, 0.05) is 43.8 Å². The molecule has 0 N–H and O–H groups in total. The largest absolute Gasteiger partial charge is 0.375 e. The molecule has 0 spiro atoms. The van der Waals surface area contributed by atoms with E-state index in [0.29, 0.717) is 5.92 Å². The Morgan fingerprint density at radius 3 is 1.72 bits per heavy atom. The number of nitrogens with zero attached hydrogens (tertiary/aromatic N) is 2. The van der Waals surface area contributed by atoms with Crippen LogP contribution >= 0.6 is 0 Å². The topological polar surface area (TPSA) is 9.86 Å². The van der Waals surface area contributed by atoms with E-state index in [2.05, 4.69) is 226 Å². The van der Waals surface area contributed by atoms with E-state index in [1.165, 1.54) is 164 Å². The second-order valence-electron chi connectivity index (χ2n) is 26.1. The van der Waals surface area contributed by atoms with Crippen molar-refractivity contribution in [2.75, 3.05) is 0 Å². The molecule has 2 aliphatic heterocycles. The van der Waals surface area contributed by atoms with Gasteiger partial charge >= 0.3 is 6.85 Å². The fourth-order valence-electron chi connectivity index (χ4n) is 13.1. The molecule has 10 aromatic rings. The molecule has 2 nitrogen and oxygen atoms in total. The average molecular weight is 925 g/mol. The molecule has 1 saturated carbocycles. The highest BCUT2D eigenvalue weighted by atomic mass is 15.0. The number of hydrogen-bond acceptors (Lipinski definition) is 0. The highest BCUT2D eigenvalue weighted by Gasteiger charge is 2.43. The summed E-state index contributed by atoms with van der Waals surface area (Å²) in [4.78, 5) is 0. The summed E-state index contributed by atoms with van der Waals surface area (Å²) in [5.74, 6) is 0.661. The van der Waals surface area contributed by atoms with Gasteiger partial charge in [0.05, 0.1) is 11.0 Å². The minimum Gasteiger partial charge on any atom is -0.375 e. The van der Waals surface area contributed by atoms with E-state index in [4.69, 9.17) is 0 Å². The van der Waals surface area contributed by atoms with Crippen molar-refractivity contribution >= 4 is 72.2 Å². The fraction of sp³-hybridized carbons (Fsp3) is 0.324. The lowest BCUT2D eigenvalue weighted by molar-refractivity contribution is 0.444. The van der Waals surface area contributed by atoms with Crippen molar-refractivity contribution in [2.24, 2.45) is 0 Å². The summed E-state index contributed by atoms with van der Waals surface area (Å²) in [6, 6.07) is 53.8. The van der Waals surface area contributed by atoms with Crippen molar-refractivity contribution in [1.29, 1.82) is 0 Å². The van der Waals surface area contributed by atoms with Crippen molar-refractivity contribution in [3.8, 4) is 39.1 Å². The van der Waals surface area contributed by atoms with E-state index in [0.717, 1.165) is 0 Å². The zero-order chi connectivity index (χ0) is 49.3. The Kier molecular flexibility index (Phi) is 9.50. The van der Waals surface area contributed by atoms with Gasteiger partial charge in [0.25, 0.3) is 0 Å². The van der Waals surface area contributed by atoms with Crippen LogP contribution in [-0.2, 0) is 21.7 Å². The van der Waals surface area contributed by atoms with Crippen LogP contribution in [0.25, 0.3) is 93.5 Å². The Morgan fingerprint density at radius 2 is 1.04 bits per heavy atom. The smallest absolute Gasteiger partial charge is 0.333 e. The molecule has 13 rings (SSSR count). The first-order chi connectivity index (χ1) is 33.7. The highest BCUT2D eigenvalue weighted by molar-refractivity contribution is 6.90. The third-order valence-electron chi connectivity index (χ3n) is 17.2. The van der Waals surface area contributed by atoms with Crippen LogP contribution in [-0.4, -0.2) is 15.9 Å². The number of aromatic nitrogens is 2. The molecule has 71 heavy (non-hydrogen) atoms. The third-order valence-corrected chi connectivity index (χ3v) is 17.2. The maximum Gasteiger partial charge on any atom is 0.333 e. The van der Waals surface area contributed by atoms with Gasteiger partial charge in [-0.15, -0.1) is 0 Å². The van der Waals surface area contributed by atoms with E-state index in [-0.39, 0.29) is 28.5 Å². The second kappa shape index (κ2) is 15.1. The Labute approximate surface area is 422 Å². The Bertz CT molecular complexity index is 3890. The normalized spacial score (nSPS) is 15.2. The average Bonchev–Trinajstić information content (AvgIpc) is 3.86. The molecule has 4 heterocycles. The Hall–Kier alpha value is -6.32. The molecule has 354 valence electrons. The van der Waals surface area contributed by atoms with Gasteiger partial charge < -0.3 is 9.05 Å². The molecule has 3 aliphatic rings. The molecule has 0 atom stereocenters. The van der Waals surface area contributed by atoms with Crippen molar-refractivity contribution < 1.29 is 0 Å². The van der Waals surface area contributed by atoms with Crippen molar-refractivity contribution in [3.05, 3.63) is 161 Å². The second-order valence-corrected chi connectivity index (χ2v) is 26.1. The molecule has 0 unspecified atom stereocenters. The van der Waals surface area contributed by atoms with Crippen molar-refractivity contribution in [2.45, 2.75) is 143 Å². The van der Waals surface area contributed by atoms with Gasteiger partial charge in [0.2, 0.25) is 0 Å². The SMILES string of the molecule is CC(C)(C)c1cccc(-c2ccc3c(c2)c2cc(-c4cccc(C(C)(C)C)c4)cc4c2n3-c2cc(C(C)(C)C)cc3c2B4n2c4ccc5cc(C6CCCCC6)ccc5c4c4cc(C(C)(C)C)cc-3c42)c1. The summed E-state index contributed by atoms with van der Waals surface area (Å²) in [6.45, 7) is 28.3. The van der Waals surface area contributed by atoms with Crippen LogP contribution in [0.3, 0.4) is 0 Å². The number of hydrogen-bond donors (Lipinski definition) is 0. The van der Waals surface area contributed by atoms with E-state index < -0.39 is 0 Å². The van der Waals surface area contributed by atoms with Crippen LogP contribution in [0.15, 0.2) is 133 Å². The molecular weight excluding hydrogens is 856 g/mol. The molecule has 0 amide bonds. The molecule has 0 bridgehead atoms. The summed E-state index contributed by atoms with van der Waals surface area (Å²) >= 11 is 0. The molecule has 8 aromatic carbocycles. The highest BCUT2D eigenvalue weighted by Crippen LogP contribution is 2.49. The van der Waals surface area contributed by atoms with Gasteiger partial charge in [-0.2, -0.15) is 0 Å². The summed E-state index contributed by atoms with van der Waals surface area (Å²) in [6.07, 6.45) is 6.67. The number of fused-ring (bicyclic) bond motifs is 12. The molecule has 1 aliphatic carbocycles. The maximum atomic E-state index is 2.80. The van der Waals surface area contributed by atoms with Crippen LogP contribution in [0.1, 0.15) is 149 Å². The lowest BCUT2D eigenvalue weighted by Crippen LogP contribution is -2.55. The summed E-state index contributed by atoms with van der Waals surface area (Å²) in [7, 11) is 0. The Morgan fingerprint density at radius 1 is 0.437 bits per heavy atom. The predicted molar refractivity (Wildman–Crippen MR) is 309 cm³/mol. The maximum absolute atomic E-state index is 2.80. The molecule has 1 fully saturated rings. The molecule has 2 aromatic heterocycles. The van der Waals surface area contributed by atoms with Gasteiger partial charge in [-0.25, -0.2) is 0 Å². The predicted octanol–water partition coefficient (Wildman–Crippen LogP) is 17.6. The van der Waals surface area contributed by atoms with Crippen molar-refractivity contribution in [3.63, 3.8) is 0 Å². The molecular formula is C68H69BN2. The van der Waals surface area contributed by atoms with Crippen LogP contribution in [0.5, 0.6) is 0 Å². The number of benzene rings is 8. The monoisotopic (exact) mass is 925 g/mol. The van der Waals surface area contributed by atoms with Crippen LogP contribution in [0.2, 0.25) is 0 Å². The van der Waals surface area contributed by atoms with Gasteiger partial charge in [0.15, 0.2) is 0 Å². The van der Waals surface area contributed by atoms with E-state index in [1.807, 2.05) is 0 Å². The van der Waals surface area contributed by atoms with E-state index in [9.17, 15) is 0 Å². The quantitative estimate of drug-likeness (QED) is 0.156. The minimum absolute atomic E-state index is 0.0219. The van der Waals surface area contributed by atoms with Gasteiger partial charge in [-0.05, 0) is 160 Å². The molecule has 0 saturated heterocycles. The zero-order valence-electron chi connectivity index (χ0n) is 44.3. The first kappa shape index (κ1) is 44.6. The van der Waals surface area contributed by atoms with E-state index in [1.54, 1.807) is 0 Å². The minimum atomic E-state index is -0.0757. The van der Waals surface area contributed by atoms with Gasteiger partial charge in [-0.1, -0.05) is 193 Å². The van der Waals surface area contributed by atoms with E-state index >= 15 is 0 Å². The molecule has 0 radical (unpaired) electrons. The zero-order valence-corrected chi connectivity index (χ0v) is 44.3. The first-order valence-electron chi connectivity index (χ1n) is 26.8. The Balaban J connectivity index is 1.18. The standard InChI is InChI=1S/C68H69BN2/c1-65(2,3)47-22-16-20-41(31-47)44-25-28-58-52(33-44)54-34-46(42-21-17-23-48(32-42)66(4,5)6)35-57-64(54)70(58)60-39-50(68(10,11)12)36-53-55-37-49(67(7,8)9)38-56-61-51-27-24-43(40-18-14-13-15-19-40)30-45(51)26-29-59(61)71(63(55)56)69(57)62(53)60/h16-17,20-40H,13-15,18-19H2,1-12H3. The van der Waals surface area contributed by atoms with Crippen molar-refractivity contribution in [1.82, 2.24) is 9.05 Å². The molecule has 3 heteroatoms. The van der Waals surface area contributed by atoms with Gasteiger partial charge in [0.1, 0.15) is 0 Å². The lowest BCUT2D eigenvalue weighted by Gasteiger charge is -2.36. The summed E-state index contributed by atoms with van der Waals surface area (Å²) in [5.41, 5.74) is 24.1.